The highest BCUT2D eigenvalue weighted by Gasteiger charge is 2.31. The molecule has 2 heterocycles. The maximum absolute atomic E-state index is 12.4. The summed E-state index contributed by atoms with van der Waals surface area (Å²) in [5, 5.41) is 3.49. The average Bonchev–Trinajstić information content (AvgIpc) is 2.89. The van der Waals surface area contributed by atoms with E-state index in [1.54, 1.807) is 17.0 Å². The number of hydrogen-bond acceptors (Lipinski definition) is 4. The van der Waals surface area contributed by atoms with E-state index in [4.69, 9.17) is 9.47 Å². The molecule has 0 aromatic heterocycles. The first-order valence-electron chi connectivity index (χ1n) is 8.36. The van der Waals surface area contributed by atoms with Crippen molar-refractivity contribution in [2.75, 3.05) is 26.3 Å². The number of nitrogens with zero attached hydrogens (tertiary/aromatic N) is 1. The van der Waals surface area contributed by atoms with Crippen LogP contribution in [-0.2, 0) is 4.79 Å². The summed E-state index contributed by atoms with van der Waals surface area (Å²) >= 11 is 0. The standard InChI is InChI=1S/C17H21F3N2O3/c18-17(19,20)11-25-15-4-2-1-3-14(15)24-10-16(23)22-8-7-12-5-6-13(9-22)21-12/h1-4,12-13,21H,5-11H2. The lowest BCUT2D eigenvalue weighted by Crippen LogP contribution is -2.41. The van der Waals surface area contributed by atoms with Crippen LogP contribution in [0.3, 0.4) is 0 Å². The van der Waals surface area contributed by atoms with Gasteiger partial charge in [-0.05, 0) is 31.4 Å². The molecule has 2 fully saturated rings. The molecule has 0 saturated carbocycles. The number of alkyl halides is 3. The summed E-state index contributed by atoms with van der Waals surface area (Å²) in [5.41, 5.74) is 0. The Bertz CT molecular complexity index is 609. The lowest BCUT2D eigenvalue weighted by atomic mass is 10.1. The predicted molar refractivity (Wildman–Crippen MR) is 84.6 cm³/mol. The molecule has 2 bridgehead atoms. The van der Waals surface area contributed by atoms with Crippen molar-refractivity contribution >= 4 is 5.91 Å². The molecule has 1 aromatic rings. The van der Waals surface area contributed by atoms with Gasteiger partial charge in [0, 0.05) is 25.2 Å². The van der Waals surface area contributed by atoms with Crippen molar-refractivity contribution in [1.82, 2.24) is 10.2 Å². The Morgan fingerprint density at radius 2 is 1.80 bits per heavy atom. The molecule has 2 unspecified atom stereocenters. The van der Waals surface area contributed by atoms with Gasteiger partial charge in [0.1, 0.15) is 0 Å². The minimum atomic E-state index is -4.43. The van der Waals surface area contributed by atoms with E-state index in [-0.39, 0.29) is 24.0 Å². The van der Waals surface area contributed by atoms with Gasteiger partial charge < -0.3 is 19.7 Å². The molecule has 2 atom stereocenters. The van der Waals surface area contributed by atoms with E-state index in [0.717, 1.165) is 19.3 Å². The van der Waals surface area contributed by atoms with Crippen molar-refractivity contribution in [3.8, 4) is 11.5 Å². The predicted octanol–water partition coefficient (Wildman–Crippen LogP) is 2.36. The lowest BCUT2D eigenvalue weighted by molar-refractivity contribution is -0.153. The molecule has 8 heteroatoms. The Morgan fingerprint density at radius 3 is 2.52 bits per heavy atom. The Morgan fingerprint density at radius 1 is 1.12 bits per heavy atom. The number of carbonyl (C=O) groups excluding carboxylic acids is 1. The molecule has 1 N–H and O–H groups in total. The molecule has 5 nitrogen and oxygen atoms in total. The van der Waals surface area contributed by atoms with Crippen LogP contribution in [0.5, 0.6) is 11.5 Å². The van der Waals surface area contributed by atoms with E-state index in [2.05, 4.69) is 5.32 Å². The number of likely N-dealkylation sites (tertiary alicyclic amines) is 1. The number of carbonyl (C=O) groups is 1. The third kappa shape index (κ3) is 5.01. The molecule has 2 aliphatic heterocycles. The van der Waals surface area contributed by atoms with Crippen LogP contribution in [0, 0.1) is 0 Å². The maximum atomic E-state index is 12.4. The molecule has 0 aliphatic carbocycles. The summed E-state index contributed by atoms with van der Waals surface area (Å²) in [4.78, 5) is 14.1. The normalized spacial score (nSPS) is 23.2. The van der Waals surface area contributed by atoms with E-state index < -0.39 is 12.8 Å². The third-order valence-electron chi connectivity index (χ3n) is 4.47. The zero-order chi connectivity index (χ0) is 17.9. The third-order valence-corrected chi connectivity index (χ3v) is 4.47. The number of hydrogen-bond donors (Lipinski definition) is 1. The quantitative estimate of drug-likeness (QED) is 0.878. The molecular formula is C17H21F3N2O3. The van der Waals surface area contributed by atoms with Crippen LogP contribution < -0.4 is 14.8 Å². The topological polar surface area (TPSA) is 50.8 Å². The molecule has 0 radical (unpaired) electrons. The van der Waals surface area contributed by atoms with Crippen molar-refractivity contribution < 1.29 is 27.4 Å². The smallest absolute Gasteiger partial charge is 0.422 e. The van der Waals surface area contributed by atoms with Crippen LogP contribution in [0.1, 0.15) is 19.3 Å². The molecule has 1 amide bonds. The van der Waals surface area contributed by atoms with Crippen LogP contribution in [0.2, 0.25) is 0 Å². The highest BCUT2D eigenvalue weighted by atomic mass is 19.4. The second-order valence-electron chi connectivity index (χ2n) is 6.41. The molecule has 138 valence electrons. The van der Waals surface area contributed by atoms with E-state index in [0.29, 0.717) is 25.2 Å². The first-order valence-corrected chi connectivity index (χ1v) is 8.36. The first kappa shape index (κ1) is 17.8. The molecular weight excluding hydrogens is 337 g/mol. The van der Waals surface area contributed by atoms with E-state index in [9.17, 15) is 18.0 Å². The molecule has 1 aromatic carbocycles. The second-order valence-corrected chi connectivity index (χ2v) is 6.41. The number of benzene rings is 1. The number of rotatable bonds is 5. The van der Waals surface area contributed by atoms with Gasteiger partial charge in [-0.15, -0.1) is 0 Å². The van der Waals surface area contributed by atoms with Crippen LogP contribution in [0.15, 0.2) is 24.3 Å². The van der Waals surface area contributed by atoms with Crippen LogP contribution in [0.25, 0.3) is 0 Å². The second kappa shape index (κ2) is 7.51. The van der Waals surface area contributed by atoms with Crippen molar-refractivity contribution in [2.24, 2.45) is 0 Å². The fraction of sp³-hybridized carbons (Fsp3) is 0.588. The van der Waals surface area contributed by atoms with Crippen LogP contribution in [-0.4, -0.2) is 55.4 Å². The monoisotopic (exact) mass is 358 g/mol. The molecule has 3 rings (SSSR count). The Kier molecular flexibility index (Phi) is 5.36. The molecule has 2 saturated heterocycles. The zero-order valence-electron chi connectivity index (χ0n) is 13.7. The Hall–Kier alpha value is -1.96. The van der Waals surface area contributed by atoms with Crippen molar-refractivity contribution in [3.05, 3.63) is 24.3 Å². The van der Waals surface area contributed by atoms with Gasteiger partial charge in [0.2, 0.25) is 0 Å². The van der Waals surface area contributed by atoms with Gasteiger partial charge in [0.05, 0.1) is 0 Å². The number of fused-ring (bicyclic) bond motifs is 2. The summed E-state index contributed by atoms with van der Waals surface area (Å²) < 4.78 is 47.1. The van der Waals surface area contributed by atoms with E-state index >= 15 is 0 Å². The first-order chi connectivity index (χ1) is 11.9. The molecule has 2 aliphatic rings. The fourth-order valence-electron chi connectivity index (χ4n) is 3.25. The fourth-order valence-corrected chi connectivity index (χ4v) is 3.25. The zero-order valence-corrected chi connectivity index (χ0v) is 13.7. The molecule has 25 heavy (non-hydrogen) atoms. The highest BCUT2D eigenvalue weighted by molar-refractivity contribution is 5.78. The largest absolute Gasteiger partial charge is 0.480 e. The summed E-state index contributed by atoms with van der Waals surface area (Å²) in [6.45, 7) is -0.306. The summed E-state index contributed by atoms with van der Waals surface area (Å²) in [6, 6.07) is 6.84. The van der Waals surface area contributed by atoms with Gasteiger partial charge in [0.15, 0.2) is 24.7 Å². The maximum Gasteiger partial charge on any atom is 0.422 e. The average molecular weight is 358 g/mol. The number of ether oxygens (including phenoxy) is 2. The number of para-hydroxylation sites is 2. The summed E-state index contributed by atoms with van der Waals surface area (Å²) in [5.74, 6) is -0.0567. The SMILES string of the molecule is O=C(COc1ccccc1OCC(F)(F)F)N1CCC2CCC(C1)N2. The number of nitrogens with one attached hydrogen (secondary N) is 1. The Balaban J connectivity index is 1.55. The van der Waals surface area contributed by atoms with Gasteiger partial charge >= 0.3 is 6.18 Å². The van der Waals surface area contributed by atoms with Crippen LogP contribution in [0.4, 0.5) is 13.2 Å². The minimum Gasteiger partial charge on any atom is -0.480 e. The summed E-state index contributed by atoms with van der Waals surface area (Å²) in [7, 11) is 0. The lowest BCUT2D eigenvalue weighted by Gasteiger charge is -2.24. The number of halogens is 3. The number of amides is 1. The van der Waals surface area contributed by atoms with E-state index in [1.165, 1.54) is 12.1 Å². The summed E-state index contributed by atoms with van der Waals surface area (Å²) in [6.07, 6.45) is -1.31. The van der Waals surface area contributed by atoms with E-state index in [1.807, 2.05) is 0 Å². The van der Waals surface area contributed by atoms with Crippen LogP contribution >= 0.6 is 0 Å². The van der Waals surface area contributed by atoms with Crippen molar-refractivity contribution in [3.63, 3.8) is 0 Å². The minimum absolute atomic E-state index is 0.0239. The van der Waals surface area contributed by atoms with Crippen molar-refractivity contribution in [2.45, 2.75) is 37.5 Å². The van der Waals surface area contributed by atoms with Gasteiger partial charge in [-0.3, -0.25) is 4.79 Å². The molecule has 0 spiro atoms. The van der Waals surface area contributed by atoms with Gasteiger partial charge in [-0.1, -0.05) is 12.1 Å². The highest BCUT2D eigenvalue weighted by Crippen LogP contribution is 2.28. The van der Waals surface area contributed by atoms with Gasteiger partial charge in [0.25, 0.3) is 5.91 Å². The van der Waals surface area contributed by atoms with Gasteiger partial charge in [-0.2, -0.15) is 13.2 Å². The Labute approximate surface area is 144 Å². The van der Waals surface area contributed by atoms with Crippen molar-refractivity contribution in [1.29, 1.82) is 0 Å². The van der Waals surface area contributed by atoms with Gasteiger partial charge in [-0.25, -0.2) is 0 Å².